The van der Waals surface area contributed by atoms with Gasteiger partial charge in [0.05, 0.1) is 5.69 Å². The van der Waals surface area contributed by atoms with Crippen LogP contribution in [-0.2, 0) is 11.3 Å². The first kappa shape index (κ1) is 13.3. The van der Waals surface area contributed by atoms with Crippen molar-refractivity contribution in [2.24, 2.45) is 10.2 Å². The number of azo groups is 1. The van der Waals surface area contributed by atoms with E-state index in [4.69, 9.17) is 5.41 Å². The molecule has 0 saturated heterocycles. The molecule has 0 aliphatic heterocycles. The summed E-state index contributed by atoms with van der Waals surface area (Å²) in [5.41, 5.74) is 1.49. The SMILES string of the molecule is CN(C)c1ccc(N=NC=N)c(NS(=O)[O-])c1. The van der Waals surface area contributed by atoms with Crippen molar-refractivity contribution >= 4 is 34.7 Å². The van der Waals surface area contributed by atoms with Gasteiger partial charge in [-0.05, 0) is 18.2 Å². The lowest BCUT2D eigenvalue weighted by molar-refractivity contribution is 0.542. The molecule has 0 saturated carbocycles. The summed E-state index contributed by atoms with van der Waals surface area (Å²) in [7, 11) is 3.68. The van der Waals surface area contributed by atoms with Gasteiger partial charge in [-0.25, -0.2) is 0 Å². The van der Waals surface area contributed by atoms with Crippen LogP contribution in [0.4, 0.5) is 17.1 Å². The smallest absolute Gasteiger partial charge is 0.129 e. The molecule has 0 bridgehead atoms. The average molecular weight is 254 g/mol. The molecule has 0 fully saturated rings. The zero-order chi connectivity index (χ0) is 12.8. The Morgan fingerprint density at radius 3 is 2.76 bits per heavy atom. The predicted molar refractivity (Wildman–Crippen MR) is 66.6 cm³/mol. The highest BCUT2D eigenvalue weighted by Gasteiger charge is 2.04. The molecule has 7 nitrogen and oxygen atoms in total. The summed E-state index contributed by atoms with van der Waals surface area (Å²) >= 11 is -2.43. The highest BCUT2D eigenvalue weighted by Crippen LogP contribution is 2.29. The van der Waals surface area contributed by atoms with Crippen LogP contribution in [0.5, 0.6) is 0 Å². The van der Waals surface area contributed by atoms with Gasteiger partial charge in [-0.3, -0.25) is 9.62 Å². The fourth-order valence-corrected chi connectivity index (χ4v) is 1.50. The largest absolute Gasteiger partial charge is 0.755 e. The third-order valence-electron chi connectivity index (χ3n) is 1.91. The minimum atomic E-state index is -2.43. The molecule has 0 radical (unpaired) electrons. The van der Waals surface area contributed by atoms with Crippen LogP contribution < -0.4 is 9.62 Å². The van der Waals surface area contributed by atoms with Crippen molar-refractivity contribution in [3.8, 4) is 0 Å². The topological polar surface area (TPSA) is 104 Å². The van der Waals surface area contributed by atoms with E-state index in [-0.39, 0.29) is 0 Å². The van der Waals surface area contributed by atoms with E-state index in [2.05, 4.69) is 15.0 Å². The summed E-state index contributed by atoms with van der Waals surface area (Å²) in [4.78, 5) is 1.83. The first-order valence-electron chi connectivity index (χ1n) is 4.61. The maximum Gasteiger partial charge on any atom is 0.129 e. The molecule has 92 valence electrons. The Hall–Kier alpha value is -1.80. The molecule has 8 heteroatoms. The van der Waals surface area contributed by atoms with Gasteiger partial charge in [0.1, 0.15) is 12.0 Å². The molecular weight excluding hydrogens is 242 g/mol. The minimum Gasteiger partial charge on any atom is -0.755 e. The van der Waals surface area contributed by atoms with Crippen LogP contribution in [0.25, 0.3) is 0 Å². The highest BCUT2D eigenvalue weighted by molar-refractivity contribution is 7.80. The van der Waals surface area contributed by atoms with E-state index in [1.165, 1.54) is 0 Å². The first-order chi connectivity index (χ1) is 8.04. The van der Waals surface area contributed by atoms with E-state index in [0.717, 1.165) is 12.0 Å². The molecule has 0 aliphatic rings. The number of rotatable bonds is 5. The molecule has 2 N–H and O–H groups in total. The summed E-state index contributed by atoms with van der Waals surface area (Å²) in [5.74, 6) is 0. The molecule has 1 aromatic carbocycles. The van der Waals surface area contributed by atoms with Gasteiger partial charge in [0.2, 0.25) is 0 Å². The second-order valence-electron chi connectivity index (χ2n) is 3.28. The quantitative estimate of drug-likeness (QED) is 0.361. The van der Waals surface area contributed by atoms with Gasteiger partial charge in [-0.1, -0.05) is 0 Å². The van der Waals surface area contributed by atoms with Crippen LogP contribution in [0, 0.1) is 5.41 Å². The number of hydrogen-bond donors (Lipinski definition) is 2. The maximum absolute atomic E-state index is 10.6. The van der Waals surface area contributed by atoms with Gasteiger partial charge in [0, 0.05) is 31.0 Å². The highest BCUT2D eigenvalue weighted by atomic mass is 32.2. The summed E-state index contributed by atoms with van der Waals surface area (Å²) in [6.07, 6.45) is 0.776. The fourth-order valence-electron chi connectivity index (χ4n) is 1.15. The van der Waals surface area contributed by atoms with Crippen LogP contribution in [0.15, 0.2) is 28.4 Å². The number of nitrogens with zero attached hydrogens (tertiary/aromatic N) is 3. The Bertz CT molecular complexity index is 461. The van der Waals surface area contributed by atoms with E-state index in [1.807, 2.05) is 19.0 Å². The van der Waals surface area contributed by atoms with Gasteiger partial charge in [-0.15, -0.1) is 10.2 Å². The summed E-state index contributed by atoms with van der Waals surface area (Å²) in [6.45, 7) is 0. The standard InChI is InChI=1S/C9H13N5O2S/c1-14(2)7-3-4-8(12-11-6-10)9(5-7)13-17(15)16/h3-6,10,13H,1-2H3,(H,15,16)/p-1. The number of hydrogen-bond acceptors (Lipinski definition) is 5. The van der Waals surface area contributed by atoms with E-state index in [1.54, 1.807) is 18.2 Å². The van der Waals surface area contributed by atoms with Crippen molar-refractivity contribution in [3.05, 3.63) is 18.2 Å². The second-order valence-corrected chi connectivity index (χ2v) is 3.95. The third-order valence-corrected chi connectivity index (χ3v) is 2.30. The molecule has 0 aliphatic carbocycles. The Labute approximate surface area is 101 Å². The molecule has 0 amide bonds. The van der Waals surface area contributed by atoms with E-state index >= 15 is 0 Å². The van der Waals surface area contributed by atoms with Gasteiger partial charge >= 0.3 is 0 Å². The summed E-state index contributed by atoms with van der Waals surface area (Å²) in [5, 5.41) is 13.8. The van der Waals surface area contributed by atoms with E-state index in [9.17, 15) is 8.76 Å². The van der Waals surface area contributed by atoms with Crippen LogP contribution in [0.2, 0.25) is 0 Å². The van der Waals surface area contributed by atoms with Crippen molar-refractivity contribution < 1.29 is 8.76 Å². The molecule has 1 aromatic rings. The van der Waals surface area contributed by atoms with Crippen LogP contribution in [0.3, 0.4) is 0 Å². The number of benzene rings is 1. The first-order valence-corrected chi connectivity index (χ1v) is 5.69. The minimum absolute atomic E-state index is 0.315. The van der Waals surface area contributed by atoms with Gasteiger partial charge in [0.25, 0.3) is 0 Å². The molecule has 1 atom stereocenters. The Morgan fingerprint density at radius 1 is 1.53 bits per heavy atom. The monoisotopic (exact) mass is 254 g/mol. The zero-order valence-electron chi connectivity index (χ0n) is 9.38. The van der Waals surface area contributed by atoms with Gasteiger partial charge in [0.15, 0.2) is 0 Å². The Balaban J connectivity index is 3.15. The van der Waals surface area contributed by atoms with Crippen LogP contribution in [0.1, 0.15) is 0 Å². The average Bonchev–Trinajstić information content (AvgIpc) is 2.26. The number of anilines is 2. The van der Waals surface area contributed by atoms with Crippen molar-refractivity contribution in [2.45, 2.75) is 0 Å². The maximum atomic E-state index is 10.6. The molecule has 1 rings (SSSR count). The van der Waals surface area contributed by atoms with Crippen molar-refractivity contribution in [2.75, 3.05) is 23.7 Å². The number of nitrogens with one attached hydrogen (secondary N) is 2. The van der Waals surface area contributed by atoms with Gasteiger partial charge in [-0.2, -0.15) is 0 Å². The molecular formula is C9H12N5O2S-. The Kier molecular flexibility index (Phi) is 4.73. The van der Waals surface area contributed by atoms with E-state index < -0.39 is 11.3 Å². The fraction of sp³-hybridized carbons (Fsp3) is 0.222. The van der Waals surface area contributed by atoms with Crippen molar-refractivity contribution in [1.82, 2.24) is 0 Å². The van der Waals surface area contributed by atoms with E-state index in [0.29, 0.717) is 11.4 Å². The molecule has 0 spiro atoms. The lowest BCUT2D eigenvalue weighted by Crippen LogP contribution is -2.09. The lowest BCUT2D eigenvalue weighted by atomic mass is 10.2. The molecule has 0 aromatic heterocycles. The summed E-state index contributed by atoms with van der Waals surface area (Å²) < 4.78 is 23.5. The summed E-state index contributed by atoms with van der Waals surface area (Å²) in [6, 6.07) is 5.03. The van der Waals surface area contributed by atoms with Gasteiger partial charge < -0.3 is 14.2 Å². The molecule has 1 unspecified atom stereocenters. The van der Waals surface area contributed by atoms with Crippen LogP contribution >= 0.6 is 0 Å². The molecule has 0 heterocycles. The zero-order valence-corrected chi connectivity index (χ0v) is 10.2. The third kappa shape index (κ3) is 3.93. The van der Waals surface area contributed by atoms with Crippen molar-refractivity contribution in [3.63, 3.8) is 0 Å². The molecule has 17 heavy (non-hydrogen) atoms. The normalized spacial score (nSPS) is 12.4. The Morgan fingerprint density at radius 2 is 2.24 bits per heavy atom. The lowest BCUT2D eigenvalue weighted by Gasteiger charge is -2.16. The second kappa shape index (κ2) is 6.06. The van der Waals surface area contributed by atoms with Crippen molar-refractivity contribution in [1.29, 1.82) is 5.41 Å². The van der Waals surface area contributed by atoms with Crippen LogP contribution in [-0.4, -0.2) is 29.2 Å². The predicted octanol–water partition coefficient (Wildman–Crippen LogP) is 1.65.